The zero-order valence-electron chi connectivity index (χ0n) is 14.0. The molecule has 0 aliphatic carbocycles. The largest absolute Gasteiger partial charge is 0.497 e. The van der Waals surface area contributed by atoms with E-state index < -0.39 is 0 Å². The first-order valence-corrected chi connectivity index (χ1v) is 9.66. The Morgan fingerprint density at radius 1 is 1.16 bits per heavy atom. The van der Waals surface area contributed by atoms with Crippen LogP contribution in [-0.4, -0.2) is 23.8 Å². The van der Waals surface area contributed by atoms with Crippen LogP contribution >= 0.6 is 23.1 Å². The maximum atomic E-state index is 12.6. The summed E-state index contributed by atoms with van der Waals surface area (Å²) >= 11 is 3.18. The van der Waals surface area contributed by atoms with Crippen LogP contribution in [0.15, 0.2) is 58.9 Å². The molecule has 0 saturated carbocycles. The quantitative estimate of drug-likeness (QED) is 0.607. The van der Waals surface area contributed by atoms with Crippen molar-refractivity contribution < 1.29 is 9.53 Å². The van der Waals surface area contributed by atoms with Crippen LogP contribution in [0.4, 0.5) is 5.00 Å². The molecular formula is C19H18N2O2S2. The minimum atomic E-state index is -0.156. The highest BCUT2D eigenvalue weighted by molar-refractivity contribution is 8.01. The summed E-state index contributed by atoms with van der Waals surface area (Å²) in [6, 6.07) is 16.9. The minimum Gasteiger partial charge on any atom is -0.497 e. The Labute approximate surface area is 155 Å². The molecule has 2 aromatic carbocycles. The molecule has 0 fully saturated rings. The molecular weight excluding hydrogens is 352 g/mol. The topological polar surface area (TPSA) is 51.2 Å². The molecule has 0 unspecified atom stereocenters. The van der Waals surface area contributed by atoms with E-state index in [2.05, 4.69) is 12.2 Å². The van der Waals surface area contributed by atoms with Crippen LogP contribution in [0, 0.1) is 0 Å². The zero-order chi connectivity index (χ0) is 17.6. The van der Waals surface area contributed by atoms with E-state index in [0.717, 1.165) is 32.1 Å². The van der Waals surface area contributed by atoms with Gasteiger partial charge in [-0.15, -0.1) is 0 Å². The molecule has 0 bridgehead atoms. The average molecular weight is 370 g/mol. The third kappa shape index (κ3) is 4.21. The predicted octanol–water partition coefficient (Wildman–Crippen LogP) is 5.18. The molecule has 3 aromatic rings. The van der Waals surface area contributed by atoms with Crippen molar-refractivity contribution in [3.05, 3.63) is 60.2 Å². The molecule has 1 aromatic heterocycles. The fourth-order valence-corrected chi connectivity index (χ4v) is 4.24. The number of hydrogen-bond acceptors (Lipinski definition) is 5. The number of nitrogens with zero attached hydrogens (tertiary/aromatic N) is 1. The molecule has 0 spiro atoms. The van der Waals surface area contributed by atoms with Crippen molar-refractivity contribution in [2.45, 2.75) is 11.3 Å². The van der Waals surface area contributed by atoms with Crippen molar-refractivity contribution in [2.75, 3.05) is 18.2 Å². The summed E-state index contributed by atoms with van der Waals surface area (Å²) in [4.78, 5) is 17.3. The number of carbonyl (C=O) groups is 1. The second-order valence-corrected chi connectivity index (χ2v) is 7.65. The third-order valence-electron chi connectivity index (χ3n) is 3.50. The van der Waals surface area contributed by atoms with E-state index in [-0.39, 0.29) is 5.91 Å². The van der Waals surface area contributed by atoms with Gasteiger partial charge in [-0.1, -0.05) is 60.4 Å². The minimum absolute atomic E-state index is 0.156. The molecule has 25 heavy (non-hydrogen) atoms. The second-order valence-electron chi connectivity index (χ2n) is 5.14. The molecule has 0 saturated heterocycles. The fourth-order valence-electron chi connectivity index (χ4n) is 2.28. The van der Waals surface area contributed by atoms with Gasteiger partial charge in [0, 0.05) is 11.1 Å². The summed E-state index contributed by atoms with van der Waals surface area (Å²) < 4.78 is 6.08. The number of nitrogens with one attached hydrogen (secondary N) is 1. The highest BCUT2D eigenvalue weighted by atomic mass is 32.2. The molecule has 0 aliphatic heterocycles. The number of carbonyl (C=O) groups excluding carboxylic acids is 1. The zero-order valence-corrected chi connectivity index (χ0v) is 15.6. The van der Waals surface area contributed by atoms with E-state index in [1.807, 2.05) is 30.3 Å². The Balaban J connectivity index is 1.88. The number of thioether (sulfide) groups is 1. The lowest BCUT2D eigenvalue weighted by atomic mass is 10.1. The SMILES string of the molecule is CCSc1nc(-c2ccccc2)c(NC(=O)c2ccc(OC)cc2)s1. The van der Waals surface area contributed by atoms with E-state index in [0.29, 0.717) is 5.56 Å². The van der Waals surface area contributed by atoms with Crippen LogP contribution in [0.5, 0.6) is 5.75 Å². The maximum Gasteiger partial charge on any atom is 0.256 e. The van der Waals surface area contributed by atoms with Crippen LogP contribution in [-0.2, 0) is 0 Å². The second kappa shape index (κ2) is 8.18. The Morgan fingerprint density at radius 3 is 2.52 bits per heavy atom. The number of benzene rings is 2. The van der Waals surface area contributed by atoms with Gasteiger partial charge in [0.25, 0.3) is 5.91 Å². The van der Waals surface area contributed by atoms with Gasteiger partial charge in [0.15, 0.2) is 4.34 Å². The van der Waals surface area contributed by atoms with Gasteiger partial charge in [0.05, 0.1) is 7.11 Å². The number of ether oxygens (including phenoxy) is 1. The van der Waals surface area contributed by atoms with Crippen molar-refractivity contribution in [1.82, 2.24) is 4.98 Å². The Hall–Kier alpha value is -2.31. The summed E-state index contributed by atoms with van der Waals surface area (Å²) in [5.74, 6) is 1.51. The number of hydrogen-bond donors (Lipinski definition) is 1. The summed E-state index contributed by atoms with van der Waals surface area (Å²) in [6.45, 7) is 2.09. The molecule has 0 atom stereocenters. The van der Waals surface area contributed by atoms with E-state index in [4.69, 9.17) is 9.72 Å². The van der Waals surface area contributed by atoms with Crippen LogP contribution in [0.2, 0.25) is 0 Å². The number of methoxy groups -OCH3 is 1. The average Bonchev–Trinajstić information content (AvgIpc) is 3.05. The lowest BCUT2D eigenvalue weighted by Crippen LogP contribution is -2.11. The highest BCUT2D eigenvalue weighted by Crippen LogP contribution is 2.37. The molecule has 0 radical (unpaired) electrons. The standard InChI is InChI=1S/C19H18N2O2S2/c1-3-24-19-20-16(13-7-5-4-6-8-13)18(25-19)21-17(22)14-9-11-15(23-2)12-10-14/h4-12H,3H2,1-2H3,(H,21,22). The summed E-state index contributed by atoms with van der Waals surface area (Å²) in [6.07, 6.45) is 0. The van der Waals surface area contributed by atoms with Gasteiger partial charge in [-0.05, 0) is 30.0 Å². The first-order valence-electron chi connectivity index (χ1n) is 7.85. The molecule has 6 heteroatoms. The molecule has 3 rings (SSSR count). The first-order chi connectivity index (χ1) is 12.2. The first kappa shape index (κ1) is 17.5. The van der Waals surface area contributed by atoms with Crippen LogP contribution < -0.4 is 10.1 Å². The lowest BCUT2D eigenvalue weighted by molar-refractivity contribution is 0.102. The van der Waals surface area contributed by atoms with Crippen molar-refractivity contribution in [2.24, 2.45) is 0 Å². The third-order valence-corrected chi connectivity index (χ3v) is 5.50. The van der Waals surface area contributed by atoms with E-state index >= 15 is 0 Å². The van der Waals surface area contributed by atoms with E-state index in [1.54, 1.807) is 43.1 Å². The Kier molecular flexibility index (Phi) is 5.73. The van der Waals surface area contributed by atoms with Crippen molar-refractivity contribution in [3.8, 4) is 17.0 Å². The predicted molar refractivity (Wildman–Crippen MR) is 105 cm³/mol. The molecule has 0 aliphatic rings. The molecule has 1 heterocycles. The van der Waals surface area contributed by atoms with E-state index in [1.165, 1.54) is 11.3 Å². The Bertz CT molecular complexity index is 846. The summed E-state index contributed by atoms with van der Waals surface area (Å²) in [5, 5.41) is 3.77. The lowest BCUT2D eigenvalue weighted by Gasteiger charge is -2.06. The molecule has 1 N–H and O–H groups in total. The number of thiazole rings is 1. The summed E-state index contributed by atoms with van der Waals surface area (Å²) in [5.41, 5.74) is 2.38. The monoisotopic (exact) mass is 370 g/mol. The van der Waals surface area contributed by atoms with Crippen molar-refractivity contribution in [3.63, 3.8) is 0 Å². The van der Waals surface area contributed by atoms with Gasteiger partial charge < -0.3 is 10.1 Å². The van der Waals surface area contributed by atoms with Gasteiger partial charge in [-0.25, -0.2) is 4.98 Å². The number of aromatic nitrogens is 1. The van der Waals surface area contributed by atoms with Crippen molar-refractivity contribution in [1.29, 1.82) is 0 Å². The molecule has 4 nitrogen and oxygen atoms in total. The number of rotatable bonds is 6. The molecule has 1 amide bonds. The normalized spacial score (nSPS) is 10.5. The molecule has 128 valence electrons. The maximum absolute atomic E-state index is 12.6. The van der Waals surface area contributed by atoms with Crippen LogP contribution in [0.1, 0.15) is 17.3 Å². The van der Waals surface area contributed by atoms with Gasteiger partial charge in [0.1, 0.15) is 16.4 Å². The van der Waals surface area contributed by atoms with E-state index in [9.17, 15) is 4.79 Å². The van der Waals surface area contributed by atoms with Gasteiger partial charge in [0.2, 0.25) is 0 Å². The summed E-state index contributed by atoms with van der Waals surface area (Å²) in [7, 11) is 1.60. The smallest absolute Gasteiger partial charge is 0.256 e. The van der Waals surface area contributed by atoms with Crippen LogP contribution in [0.25, 0.3) is 11.3 Å². The van der Waals surface area contributed by atoms with Gasteiger partial charge >= 0.3 is 0 Å². The number of amides is 1. The van der Waals surface area contributed by atoms with Crippen LogP contribution in [0.3, 0.4) is 0 Å². The van der Waals surface area contributed by atoms with Gasteiger partial charge in [-0.2, -0.15) is 0 Å². The Morgan fingerprint density at radius 2 is 1.88 bits per heavy atom. The fraction of sp³-hybridized carbons (Fsp3) is 0.158. The number of anilines is 1. The van der Waals surface area contributed by atoms with Gasteiger partial charge in [-0.3, -0.25) is 4.79 Å². The van der Waals surface area contributed by atoms with Crippen molar-refractivity contribution >= 4 is 34.0 Å². The highest BCUT2D eigenvalue weighted by Gasteiger charge is 2.16.